The molecule has 0 bridgehead atoms. The largest absolute Gasteiger partial charge is 0.353 e. The molecule has 1 saturated heterocycles. The smallest absolute Gasteiger partial charge is 0.237 e. The van der Waals surface area contributed by atoms with Gasteiger partial charge in [0.05, 0.1) is 6.04 Å². The van der Waals surface area contributed by atoms with E-state index >= 15 is 0 Å². The van der Waals surface area contributed by atoms with E-state index in [4.69, 9.17) is 0 Å². The fourth-order valence-corrected chi connectivity index (χ4v) is 1.44. The third-order valence-corrected chi connectivity index (χ3v) is 2.55. The maximum atomic E-state index is 11.3. The molecule has 1 N–H and O–H groups in total. The number of hydrogen-bond acceptors (Lipinski definition) is 2. The zero-order valence-electron chi connectivity index (χ0n) is 8.47. The molecule has 3 nitrogen and oxygen atoms in total. The van der Waals surface area contributed by atoms with Crippen molar-refractivity contribution < 1.29 is 4.79 Å². The first-order valence-electron chi connectivity index (χ1n) is 4.83. The summed E-state index contributed by atoms with van der Waals surface area (Å²) in [5, 5.41) is 2.84. The Morgan fingerprint density at radius 1 is 1.77 bits per heavy atom. The van der Waals surface area contributed by atoms with Crippen molar-refractivity contribution in [1.82, 2.24) is 10.2 Å². The second kappa shape index (κ2) is 4.42. The van der Waals surface area contributed by atoms with Crippen molar-refractivity contribution >= 4 is 5.91 Å². The summed E-state index contributed by atoms with van der Waals surface area (Å²) in [6.07, 6.45) is 0.991. The van der Waals surface area contributed by atoms with Gasteiger partial charge in [-0.05, 0) is 13.3 Å². The molecule has 0 aromatic rings. The summed E-state index contributed by atoms with van der Waals surface area (Å²) in [7, 11) is 0. The van der Waals surface area contributed by atoms with E-state index in [0.29, 0.717) is 0 Å². The summed E-state index contributed by atoms with van der Waals surface area (Å²) in [5.74, 6) is 0.134. The molecular formula is C10H18N2O. The molecule has 0 radical (unpaired) electrons. The number of nitrogens with one attached hydrogen (secondary N) is 1. The van der Waals surface area contributed by atoms with Crippen LogP contribution in [-0.2, 0) is 4.79 Å². The Kier molecular flexibility index (Phi) is 3.48. The SMILES string of the molecule is C=C(CC)CN1CCNC(=O)C1C. The normalized spacial score (nSPS) is 24.2. The summed E-state index contributed by atoms with van der Waals surface area (Å²) in [6, 6.07) is -0.00273. The standard InChI is InChI=1S/C10H18N2O/c1-4-8(2)7-12-6-5-11-10(13)9(12)3/h9H,2,4-7H2,1,3H3,(H,11,13). The number of hydrogen-bond donors (Lipinski definition) is 1. The predicted octanol–water partition coefficient (Wildman–Crippen LogP) is 0.773. The number of carbonyl (C=O) groups excluding carboxylic acids is 1. The van der Waals surface area contributed by atoms with E-state index in [-0.39, 0.29) is 11.9 Å². The van der Waals surface area contributed by atoms with Gasteiger partial charge in [0, 0.05) is 19.6 Å². The number of piperazine rings is 1. The van der Waals surface area contributed by atoms with Crippen LogP contribution in [-0.4, -0.2) is 36.5 Å². The molecule has 1 atom stereocenters. The molecule has 13 heavy (non-hydrogen) atoms. The maximum Gasteiger partial charge on any atom is 0.237 e. The molecule has 0 aromatic carbocycles. The molecule has 1 rings (SSSR count). The van der Waals surface area contributed by atoms with Crippen LogP contribution in [0.3, 0.4) is 0 Å². The van der Waals surface area contributed by atoms with Crippen LogP contribution in [0.1, 0.15) is 20.3 Å². The quantitative estimate of drug-likeness (QED) is 0.654. The Morgan fingerprint density at radius 2 is 2.46 bits per heavy atom. The molecular weight excluding hydrogens is 164 g/mol. The predicted molar refractivity (Wildman–Crippen MR) is 53.5 cm³/mol. The van der Waals surface area contributed by atoms with Crippen molar-refractivity contribution in [2.75, 3.05) is 19.6 Å². The first-order valence-corrected chi connectivity index (χ1v) is 4.83. The number of carbonyl (C=O) groups is 1. The van der Waals surface area contributed by atoms with Crippen molar-refractivity contribution in [1.29, 1.82) is 0 Å². The molecule has 1 unspecified atom stereocenters. The van der Waals surface area contributed by atoms with Gasteiger partial charge in [0.15, 0.2) is 0 Å². The lowest BCUT2D eigenvalue weighted by molar-refractivity contribution is -0.128. The summed E-state index contributed by atoms with van der Waals surface area (Å²) < 4.78 is 0. The van der Waals surface area contributed by atoms with E-state index in [1.54, 1.807) is 0 Å². The lowest BCUT2D eigenvalue weighted by Gasteiger charge is -2.33. The fourth-order valence-electron chi connectivity index (χ4n) is 1.44. The van der Waals surface area contributed by atoms with E-state index in [9.17, 15) is 4.79 Å². The first-order chi connectivity index (χ1) is 6.15. The van der Waals surface area contributed by atoms with Crippen LogP contribution in [0.2, 0.25) is 0 Å². The minimum absolute atomic E-state index is 0.00273. The van der Waals surface area contributed by atoms with Gasteiger partial charge in [-0.25, -0.2) is 0 Å². The van der Waals surface area contributed by atoms with Crippen LogP contribution >= 0.6 is 0 Å². The topological polar surface area (TPSA) is 32.3 Å². The summed E-state index contributed by atoms with van der Waals surface area (Å²) in [5.41, 5.74) is 1.20. The van der Waals surface area contributed by atoms with E-state index < -0.39 is 0 Å². The van der Waals surface area contributed by atoms with Crippen molar-refractivity contribution in [2.24, 2.45) is 0 Å². The Morgan fingerprint density at radius 3 is 3.08 bits per heavy atom. The van der Waals surface area contributed by atoms with E-state index in [0.717, 1.165) is 26.1 Å². The minimum atomic E-state index is -0.00273. The average molecular weight is 182 g/mol. The van der Waals surface area contributed by atoms with Crippen LogP contribution in [0.25, 0.3) is 0 Å². The van der Waals surface area contributed by atoms with Crippen LogP contribution < -0.4 is 5.32 Å². The van der Waals surface area contributed by atoms with Gasteiger partial charge in [0.1, 0.15) is 0 Å². The molecule has 0 saturated carbocycles. The highest BCUT2D eigenvalue weighted by Crippen LogP contribution is 2.08. The van der Waals surface area contributed by atoms with Crippen molar-refractivity contribution in [3.05, 3.63) is 12.2 Å². The molecule has 3 heteroatoms. The van der Waals surface area contributed by atoms with Gasteiger partial charge in [-0.3, -0.25) is 9.69 Å². The molecule has 74 valence electrons. The van der Waals surface area contributed by atoms with Crippen LogP contribution in [0.5, 0.6) is 0 Å². The van der Waals surface area contributed by atoms with Crippen molar-refractivity contribution in [3.8, 4) is 0 Å². The van der Waals surface area contributed by atoms with Crippen molar-refractivity contribution in [2.45, 2.75) is 26.3 Å². The molecule has 1 aliphatic heterocycles. The van der Waals surface area contributed by atoms with E-state index in [1.807, 2.05) is 6.92 Å². The molecule has 0 aromatic heterocycles. The molecule has 1 heterocycles. The van der Waals surface area contributed by atoms with Crippen LogP contribution in [0, 0.1) is 0 Å². The first kappa shape index (κ1) is 10.3. The molecule has 1 fully saturated rings. The highest BCUT2D eigenvalue weighted by molar-refractivity contribution is 5.82. The highest BCUT2D eigenvalue weighted by Gasteiger charge is 2.24. The third kappa shape index (κ3) is 2.56. The lowest BCUT2D eigenvalue weighted by atomic mass is 10.1. The number of amides is 1. The second-order valence-corrected chi connectivity index (χ2v) is 3.54. The van der Waals surface area contributed by atoms with Gasteiger partial charge >= 0.3 is 0 Å². The molecule has 0 spiro atoms. The number of nitrogens with zero attached hydrogens (tertiary/aromatic N) is 1. The van der Waals surface area contributed by atoms with Gasteiger partial charge in [0.2, 0.25) is 5.91 Å². The highest BCUT2D eigenvalue weighted by atomic mass is 16.2. The minimum Gasteiger partial charge on any atom is -0.353 e. The van der Waals surface area contributed by atoms with Gasteiger partial charge in [-0.1, -0.05) is 19.1 Å². The fraction of sp³-hybridized carbons (Fsp3) is 0.700. The van der Waals surface area contributed by atoms with Gasteiger partial charge in [0.25, 0.3) is 0 Å². The van der Waals surface area contributed by atoms with Gasteiger partial charge < -0.3 is 5.32 Å². The summed E-state index contributed by atoms with van der Waals surface area (Å²) in [4.78, 5) is 13.5. The molecule has 1 aliphatic rings. The van der Waals surface area contributed by atoms with Crippen LogP contribution in [0.4, 0.5) is 0 Å². The Labute approximate surface area is 79.8 Å². The zero-order chi connectivity index (χ0) is 9.84. The Bertz CT molecular complexity index is 213. The molecule has 1 amide bonds. The monoisotopic (exact) mass is 182 g/mol. The summed E-state index contributed by atoms with van der Waals surface area (Å²) >= 11 is 0. The van der Waals surface area contributed by atoms with Gasteiger partial charge in [-0.2, -0.15) is 0 Å². The van der Waals surface area contributed by atoms with Crippen molar-refractivity contribution in [3.63, 3.8) is 0 Å². The Hall–Kier alpha value is -0.830. The number of rotatable bonds is 3. The average Bonchev–Trinajstić information content (AvgIpc) is 2.13. The summed E-state index contributed by atoms with van der Waals surface area (Å²) in [6.45, 7) is 10.5. The third-order valence-electron chi connectivity index (χ3n) is 2.55. The van der Waals surface area contributed by atoms with E-state index in [1.165, 1.54) is 5.57 Å². The second-order valence-electron chi connectivity index (χ2n) is 3.54. The van der Waals surface area contributed by atoms with Gasteiger partial charge in [-0.15, -0.1) is 0 Å². The Balaban J connectivity index is 2.48. The van der Waals surface area contributed by atoms with E-state index in [2.05, 4.69) is 23.7 Å². The molecule has 0 aliphatic carbocycles. The lowest BCUT2D eigenvalue weighted by Crippen LogP contribution is -2.54. The zero-order valence-corrected chi connectivity index (χ0v) is 8.47. The maximum absolute atomic E-state index is 11.3. The van der Waals surface area contributed by atoms with Crippen LogP contribution in [0.15, 0.2) is 12.2 Å².